The fourth-order valence-electron chi connectivity index (χ4n) is 5.92. The topological polar surface area (TPSA) is 66.5 Å². The number of benzene rings is 1. The fourth-order valence-corrected chi connectivity index (χ4v) is 5.92. The molecule has 0 unspecified atom stereocenters. The monoisotopic (exact) mass is 338 g/mol. The van der Waals surface area contributed by atoms with E-state index in [2.05, 4.69) is 5.32 Å². The van der Waals surface area contributed by atoms with Crippen molar-refractivity contribution in [1.82, 2.24) is 10.2 Å². The normalized spacial score (nSPS) is 35.2. The average molecular weight is 338 g/mol. The Morgan fingerprint density at radius 1 is 0.920 bits per heavy atom. The summed E-state index contributed by atoms with van der Waals surface area (Å²) in [6, 6.07) is 7.00. The molecule has 25 heavy (non-hydrogen) atoms. The minimum Gasteiger partial charge on any atom is -0.351 e. The van der Waals surface area contributed by atoms with Crippen LogP contribution in [0.25, 0.3) is 0 Å². The zero-order chi connectivity index (χ0) is 17.1. The highest BCUT2D eigenvalue weighted by atomic mass is 16.2. The lowest BCUT2D eigenvalue weighted by atomic mass is 9.54. The molecule has 0 atom stereocenters. The molecule has 4 aliphatic carbocycles. The summed E-state index contributed by atoms with van der Waals surface area (Å²) < 4.78 is 0. The third kappa shape index (κ3) is 2.32. The van der Waals surface area contributed by atoms with Gasteiger partial charge in [0.2, 0.25) is 5.91 Å². The molecule has 0 radical (unpaired) electrons. The second-order valence-electron chi connectivity index (χ2n) is 8.27. The maximum atomic E-state index is 12.6. The molecule has 1 heterocycles. The number of carbonyl (C=O) groups is 3. The molecule has 5 heteroatoms. The standard InChI is InChI=1S/C20H22N2O3/c23-17(10-22-19(24)15-3-1-2-4-16(15)20(22)25)21-18-13-6-11-5-12(8-13)9-14(18)7-11/h1-4,11-14,18H,5-10H2,(H,21,23). The van der Waals surface area contributed by atoms with E-state index in [-0.39, 0.29) is 30.3 Å². The average Bonchev–Trinajstić information content (AvgIpc) is 2.83. The molecule has 6 rings (SSSR count). The zero-order valence-corrected chi connectivity index (χ0v) is 14.1. The van der Waals surface area contributed by atoms with Gasteiger partial charge in [-0.2, -0.15) is 0 Å². The Kier molecular flexibility index (Phi) is 3.27. The molecule has 4 bridgehead atoms. The van der Waals surface area contributed by atoms with Crippen LogP contribution < -0.4 is 5.32 Å². The number of nitrogens with one attached hydrogen (secondary N) is 1. The van der Waals surface area contributed by atoms with Gasteiger partial charge < -0.3 is 5.32 Å². The van der Waals surface area contributed by atoms with Gasteiger partial charge in [0.15, 0.2) is 0 Å². The molecule has 0 saturated heterocycles. The third-order valence-corrected chi connectivity index (χ3v) is 6.73. The number of hydrogen-bond donors (Lipinski definition) is 1. The summed E-state index contributed by atoms with van der Waals surface area (Å²) >= 11 is 0. The van der Waals surface area contributed by atoms with Crippen LogP contribution in [0.15, 0.2) is 24.3 Å². The van der Waals surface area contributed by atoms with Gasteiger partial charge in [0.05, 0.1) is 11.1 Å². The molecule has 1 aliphatic heterocycles. The lowest BCUT2D eigenvalue weighted by molar-refractivity contribution is -0.125. The quantitative estimate of drug-likeness (QED) is 0.860. The van der Waals surface area contributed by atoms with Crippen molar-refractivity contribution in [3.05, 3.63) is 35.4 Å². The van der Waals surface area contributed by atoms with Crippen LogP contribution in [0.5, 0.6) is 0 Å². The van der Waals surface area contributed by atoms with Crippen LogP contribution in [0.3, 0.4) is 0 Å². The number of hydrogen-bond acceptors (Lipinski definition) is 3. The van der Waals surface area contributed by atoms with Crippen LogP contribution in [-0.4, -0.2) is 35.2 Å². The molecule has 5 aliphatic rings. The van der Waals surface area contributed by atoms with Crippen LogP contribution in [0.1, 0.15) is 52.8 Å². The smallest absolute Gasteiger partial charge is 0.262 e. The van der Waals surface area contributed by atoms with Crippen molar-refractivity contribution in [3.63, 3.8) is 0 Å². The van der Waals surface area contributed by atoms with Crippen LogP contribution in [0, 0.1) is 23.7 Å². The van der Waals surface area contributed by atoms with E-state index in [0.29, 0.717) is 23.0 Å². The zero-order valence-electron chi connectivity index (χ0n) is 14.1. The largest absolute Gasteiger partial charge is 0.351 e. The third-order valence-electron chi connectivity index (χ3n) is 6.73. The van der Waals surface area contributed by atoms with E-state index in [1.54, 1.807) is 24.3 Å². The minimum absolute atomic E-state index is 0.171. The van der Waals surface area contributed by atoms with Gasteiger partial charge in [0.1, 0.15) is 6.54 Å². The summed E-state index contributed by atoms with van der Waals surface area (Å²) in [4.78, 5) is 38.5. The highest BCUT2D eigenvalue weighted by Crippen LogP contribution is 2.53. The van der Waals surface area contributed by atoms with Crippen LogP contribution in [-0.2, 0) is 4.79 Å². The lowest BCUT2D eigenvalue weighted by Gasteiger charge is -2.54. The summed E-state index contributed by atoms with van der Waals surface area (Å²) in [7, 11) is 0. The van der Waals surface area contributed by atoms with Crippen LogP contribution >= 0.6 is 0 Å². The van der Waals surface area contributed by atoms with Crippen molar-refractivity contribution < 1.29 is 14.4 Å². The molecule has 1 aromatic carbocycles. The summed E-state index contributed by atoms with van der Waals surface area (Å²) in [6.07, 6.45) is 6.29. The number of amides is 3. The van der Waals surface area contributed by atoms with E-state index in [9.17, 15) is 14.4 Å². The van der Waals surface area contributed by atoms with Crippen molar-refractivity contribution >= 4 is 17.7 Å². The van der Waals surface area contributed by atoms with Gasteiger partial charge in [0, 0.05) is 6.04 Å². The van der Waals surface area contributed by atoms with Gasteiger partial charge in [-0.25, -0.2) is 0 Å². The van der Waals surface area contributed by atoms with Gasteiger partial charge in [-0.1, -0.05) is 12.1 Å². The highest BCUT2D eigenvalue weighted by Gasteiger charge is 2.48. The number of imide groups is 1. The van der Waals surface area contributed by atoms with E-state index < -0.39 is 0 Å². The molecule has 1 aromatic rings. The first-order valence-corrected chi connectivity index (χ1v) is 9.34. The molecular weight excluding hydrogens is 316 g/mol. The summed E-state index contributed by atoms with van der Waals surface area (Å²) in [5.41, 5.74) is 0.796. The van der Waals surface area contributed by atoms with Gasteiger partial charge in [-0.15, -0.1) is 0 Å². The Balaban J connectivity index is 1.27. The SMILES string of the molecule is O=C(CN1C(=O)c2ccccc2C1=O)NC1C2CC3CC(C2)CC1C3. The number of rotatable bonds is 3. The lowest BCUT2D eigenvalue weighted by Crippen LogP contribution is -2.57. The fraction of sp³-hybridized carbons (Fsp3) is 0.550. The van der Waals surface area contributed by atoms with Gasteiger partial charge >= 0.3 is 0 Å². The first kappa shape index (κ1) is 15.1. The molecule has 4 saturated carbocycles. The van der Waals surface area contributed by atoms with E-state index in [1.165, 1.54) is 32.1 Å². The second-order valence-corrected chi connectivity index (χ2v) is 8.27. The molecule has 3 amide bonds. The minimum atomic E-state index is -0.360. The second kappa shape index (κ2) is 5.41. The predicted molar refractivity (Wildman–Crippen MR) is 90.8 cm³/mol. The van der Waals surface area contributed by atoms with E-state index in [4.69, 9.17) is 0 Å². The van der Waals surface area contributed by atoms with Gasteiger partial charge in [-0.3, -0.25) is 19.3 Å². The van der Waals surface area contributed by atoms with Crippen molar-refractivity contribution in [2.45, 2.75) is 38.1 Å². The summed E-state index contributed by atoms with van der Waals surface area (Å²) in [6.45, 7) is -0.171. The molecule has 0 aromatic heterocycles. The Morgan fingerprint density at radius 2 is 1.44 bits per heavy atom. The molecule has 4 fully saturated rings. The van der Waals surface area contributed by atoms with Crippen molar-refractivity contribution in [2.24, 2.45) is 23.7 Å². The van der Waals surface area contributed by atoms with E-state index in [1.807, 2.05) is 0 Å². The Bertz CT molecular complexity index is 709. The van der Waals surface area contributed by atoms with Gasteiger partial charge in [-0.05, 0) is 67.9 Å². The molecule has 0 spiro atoms. The van der Waals surface area contributed by atoms with Crippen molar-refractivity contribution in [3.8, 4) is 0 Å². The van der Waals surface area contributed by atoms with Crippen molar-refractivity contribution in [2.75, 3.05) is 6.54 Å². The number of fused-ring (bicyclic) bond motifs is 1. The number of nitrogens with zero attached hydrogens (tertiary/aromatic N) is 1. The van der Waals surface area contributed by atoms with E-state index in [0.717, 1.165) is 16.7 Å². The molecule has 1 N–H and O–H groups in total. The van der Waals surface area contributed by atoms with Crippen molar-refractivity contribution in [1.29, 1.82) is 0 Å². The molecule has 130 valence electrons. The maximum absolute atomic E-state index is 12.6. The first-order valence-electron chi connectivity index (χ1n) is 9.34. The highest BCUT2D eigenvalue weighted by molar-refractivity contribution is 6.22. The Hall–Kier alpha value is -2.17. The summed E-state index contributed by atoms with van der Waals surface area (Å²) in [5, 5.41) is 3.17. The Morgan fingerprint density at radius 3 is 1.96 bits per heavy atom. The van der Waals surface area contributed by atoms with Crippen LogP contribution in [0.4, 0.5) is 0 Å². The molecule has 5 nitrogen and oxygen atoms in total. The maximum Gasteiger partial charge on any atom is 0.262 e. The molecular formula is C20H22N2O3. The van der Waals surface area contributed by atoms with Gasteiger partial charge in [0.25, 0.3) is 11.8 Å². The number of carbonyl (C=O) groups excluding carboxylic acids is 3. The first-order chi connectivity index (χ1) is 12.1. The summed E-state index contributed by atoms with van der Waals surface area (Å²) in [5.74, 6) is 1.96. The van der Waals surface area contributed by atoms with Crippen LogP contribution in [0.2, 0.25) is 0 Å². The predicted octanol–water partition coefficient (Wildman–Crippen LogP) is 2.22. The van der Waals surface area contributed by atoms with E-state index >= 15 is 0 Å². The Labute approximate surface area is 146 Å².